The number of aromatic nitrogens is 3. The van der Waals surface area contributed by atoms with Gasteiger partial charge in [-0.3, -0.25) is 0 Å². The Hall–Kier alpha value is -1.39. The molecule has 1 unspecified atom stereocenters. The Bertz CT molecular complexity index is 550. The molecule has 0 aliphatic rings. The lowest BCUT2D eigenvalue weighted by Crippen LogP contribution is -2.21. The first-order valence-electron chi connectivity index (χ1n) is 6.89. The molecule has 2 aromatic rings. The van der Waals surface area contributed by atoms with E-state index in [1.54, 1.807) is 6.33 Å². The number of halogens is 1. The Labute approximate surface area is 125 Å². The fraction of sp³-hybridized carbons (Fsp3) is 0.467. The van der Waals surface area contributed by atoms with E-state index in [9.17, 15) is 0 Å². The van der Waals surface area contributed by atoms with Crippen molar-refractivity contribution in [1.82, 2.24) is 20.1 Å². The number of rotatable bonds is 6. The van der Waals surface area contributed by atoms with Crippen molar-refractivity contribution in [2.45, 2.75) is 32.9 Å². The minimum absolute atomic E-state index is 0.184. The summed E-state index contributed by atoms with van der Waals surface area (Å²) in [5.74, 6) is 1.55. The van der Waals surface area contributed by atoms with Crippen molar-refractivity contribution in [2.75, 3.05) is 7.05 Å². The van der Waals surface area contributed by atoms with Crippen LogP contribution in [0.15, 0.2) is 30.6 Å². The zero-order chi connectivity index (χ0) is 14.5. The molecular formula is C15H21ClN4. The van der Waals surface area contributed by atoms with Gasteiger partial charge in [-0.15, -0.1) is 0 Å². The molecule has 1 heterocycles. The van der Waals surface area contributed by atoms with E-state index in [4.69, 9.17) is 11.6 Å². The number of benzene rings is 1. The Kier molecular flexibility index (Phi) is 5.15. The molecule has 0 aliphatic carbocycles. The van der Waals surface area contributed by atoms with E-state index in [2.05, 4.69) is 35.3 Å². The molecule has 1 atom stereocenters. The summed E-state index contributed by atoms with van der Waals surface area (Å²) in [7, 11) is 1.95. The third kappa shape index (κ3) is 3.81. The van der Waals surface area contributed by atoms with Gasteiger partial charge in [0, 0.05) is 24.0 Å². The van der Waals surface area contributed by atoms with E-state index < -0.39 is 0 Å². The molecule has 2 rings (SSSR count). The van der Waals surface area contributed by atoms with Crippen LogP contribution in [0.2, 0.25) is 5.02 Å². The van der Waals surface area contributed by atoms with Crippen molar-refractivity contribution in [3.63, 3.8) is 0 Å². The van der Waals surface area contributed by atoms with E-state index in [1.165, 1.54) is 5.56 Å². The zero-order valence-electron chi connectivity index (χ0n) is 12.2. The van der Waals surface area contributed by atoms with Crippen molar-refractivity contribution in [3.8, 4) is 0 Å². The van der Waals surface area contributed by atoms with E-state index in [-0.39, 0.29) is 6.04 Å². The molecule has 0 radical (unpaired) electrons. The molecular weight excluding hydrogens is 272 g/mol. The molecule has 108 valence electrons. The second-order valence-electron chi connectivity index (χ2n) is 5.35. The molecule has 1 aromatic carbocycles. The van der Waals surface area contributed by atoms with Crippen molar-refractivity contribution in [1.29, 1.82) is 0 Å². The third-order valence-corrected chi connectivity index (χ3v) is 3.46. The Morgan fingerprint density at radius 2 is 2.15 bits per heavy atom. The van der Waals surface area contributed by atoms with Gasteiger partial charge in [-0.2, -0.15) is 5.10 Å². The summed E-state index contributed by atoms with van der Waals surface area (Å²) in [6.07, 6.45) is 2.42. The molecule has 20 heavy (non-hydrogen) atoms. The number of likely N-dealkylation sites (N-methyl/N-ethyl adjacent to an activating group) is 1. The molecule has 5 heteroatoms. The first kappa shape index (κ1) is 15.0. The van der Waals surface area contributed by atoms with Crippen LogP contribution in [0.25, 0.3) is 0 Å². The Morgan fingerprint density at radius 1 is 1.35 bits per heavy atom. The molecule has 1 aromatic heterocycles. The Morgan fingerprint density at radius 3 is 2.80 bits per heavy atom. The van der Waals surface area contributed by atoms with Gasteiger partial charge in [0.2, 0.25) is 0 Å². The van der Waals surface area contributed by atoms with Crippen LogP contribution in [-0.4, -0.2) is 21.8 Å². The minimum atomic E-state index is 0.184. The second-order valence-corrected chi connectivity index (χ2v) is 5.79. The van der Waals surface area contributed by atoms with Gasteiger partial charge in [0.15, 0.2) is 0 Å². The van der Waals surface area contributed by atoms with Crippen LogP contribution >= 0.6 is 11.6 Å². The highest BCUT2D eigenvalue weighted by atomic mass is 35.5. The topological polar surface area (TPSA) is 42.7 Å². The van der Waals surface area contributed by atoms with Crippen LogP contribution in [0.5, 0.6) is 0 Å². The summed E-state index contributed by atoms with van der Waals surface area (Å²) in [5, 5.41) is 8.39. The van der Waals surface area contributed by atoms with Crippen molar-refractivity contribution >= 4 is 11.6 Å². The first-order valence-corrected chi connectivity index (χ1v) is 7.27. The van der Waals surface area contributed by atoms with Crippen molar-refractivity contribution in [3.05, 3.63) is 47.0 Å². The lowest BCUT2D eigenvalue weighted by Gasteiger charge is -2.17. The van der Waals surface area contributed by atoms with E-state index in [0.29, 0.717) is 5.92 Å². The monoisotopic (exact) mass is 292 g/mol. The molecule has 1 N–H and O–H groups in total. The Balaban J connectivity index is 2.16. The molecule has 0 aliphatic heterocycles. The van der Waals surface area contributed by atoms with Crippen LogP contribution in [0, 0.1) is 5.92 Å². The highest BCUT2D eigenvalue weighted by Gasteiger charge is 2.15. The van der Waals surface area contributed by atoms with Crippen LogP contribution in [-0.2, 0) is 13.0 Å². The number of hydrogen-bond acceptors (Lipinski definition) is 3. The van der Waals surface area contributed by atoms with Gasteiger partial charge < -0.3 is 5.32 Å². The van der Waals surface area contributed by atoms with E-state index in [0.717, 1.165) is 23.8 Å². The maximum absolute atomic E-state index is 6.07. The lowest BCUT2D eigenvalue weighted by molar-refractivity contribution is 0.451. The second kappa shape index (κ2) is 6.86. The van der Waals surface area contributed by atoms with E-state index in [1.807, 2.05) is 29.9 Å². The van der Waals surface area contributed by atoms with E-state index >= 15 is 0 Å². The highest BCUT2D eigenvalue weighted by molar-refractivity contribution is 6.30. The molecule has 4 nitrogen and oxygen atoms in total. The van der Waals surface area contributed by atoms with Gasteiger partial charge in [0.1, 0.15) is 12.2 Å². The van der Waals surface area contributed by atoms with Gasteiger partial charge >= 0.3 is 0 Å². The summed E-state index contributed by atoms with van der Waals surface area (Å²) in [4.78, 5) is 4.38. The van der Waals surface area contributed by atoms with Crippen LogP contribution in [0.3, 0.4) is 0 Å². The van der Waals surface area contributed by atoms with Gasteiger partial charge in [0.05, 0.1) is 0 Å². The molecule has 0 saturated heterocycles. The average molecular weight is 293 g/mol. The normalized spacial score (nSPS) is 12.8. The minimum Gasteiger partial charge on any atom is -0.313 e. The molecule has 0 fully saturated rings. The van der Waals surface area contributed by atoms with Crippen LogP contribution in [0.4, 0.5) is 0 Å². The quantitative estimate of drug-likeness (QED) is 0.890. The smallest absolute Gasteiger partial charge is 0.138 e. The molecule has 0 bridgehead atoms. The molecule has 0 spiro atoms. The predicted molar refractivity (Wildman–Crippen MR) is 81.8 cm³/mol. The number of nitrogens with one attached hydrogen (secondary N) is 1. The van der Waals surface area contributed by atoms with Crippen LogP contribution < -0.4 is 5.32 Å². The third-order valence-electron chi connectivity index (χ3n) is 3.22. The van der Waals surface area contributed by atoms with Crippen molar-refractivity contribution in [2.24, 2.45) is 5.92 Å². The van der Waals surface area contributed by atoms with Gasteiger partial charge in [-0.05, 0) is 30.7 Å². The highest BCUT2D eigenvalue weighted by Crippen LogP contribution is 2.20. The summed E-state index contributed by atoms with van der Waals surface area (Å²) < 4.78 is 1.99. The maximum atomic E-state index is 6.07. The average Bonchev–Trinajstić information content (AvgIpc) is 2.82. The maximum Gasteiger partial charge on any atom is 0.138 e. The summed E-state index contributed by atoms with van der Waals surface area (Å²) in [6, 6.07) is 8.12. The molecule has 0 saturated carbocycles. The summed E-state index contributed by atoms with van der Waals surface area (Å²) in [6.45, 7) is 5.25. The van der Waals surface area contributed by atoms with Crippen LogP contribution in [0.1, 0.15) is 31.3 Å². The SMILES string of the molecule is CNC(Cc1ncnn1CC(C)C)c1cccc(Cl)c1. The van der Waals surface area contributed by atoms with Gasteiger partial charge in [0.25, 0.3) is 0 Å². The van der Waals surface area contributed by atoms with Gasteiger partial charge in [-0.1, -0.05) is 37.6 Å². The largest absolute Gasteiger partial charge is 0.313 e. The number of nitrogens with zero attached hydrogens (tertiary/aromatic N) is 3. The summed E-state index contributed by atoms with van der Waals surface area (Å²) in [5.41, 5.74) is 1.17. The number of hydrogen-bond donors (Lipinski definition) is 1. The first-order chi connectivity index (χ1) is 9.60. The van der Waals surface area contributed by atoms with Gasteiger partial charge in [-0.25, -0.2) is 9.67 Å². The lowest BCUT2D eigenvalue weighted by atomic mass is 10.0. The summed E-state index contributed by atoms with van der Waals surface area (Å²) >= 11 is 6.07. The fourth-order valence-electron chi connectivity index (χ4n) is 2.24. The fourth-order valence-corrected chi connectivity index (χ4v) is 2.44. The van der Waals surface area contributed by atoms with Crippen molar-refractivity contribution < 1.29 is 0 Å². The predicted octanol–water partition coefficient (Wildman–Crippen LogP) is 3.09. The zero-order valence-corrected chi connectivity index (χ0v) is 12.9. The standard InChI is InChI=1S/C15H21ClN4/c1-11(2)9-20-15(18-10-19-20)8-14(17-3)12-5-4-6-13(16)7-12/h4-7,10-11,14,17H,8-9H2,1-3H3. The molecule has 0 amide bonds.